The maximum atomic E-state index is 13.5. The first-order valence-corrected chi connectivity index (χ1v) is 10.9. The van der Waals surface area contributed by atoms with E-state index >= 15 is 0 Å². The third kappa shape index (κ3) is 6.15. The number of benzene rings is 1. The van der Waals surface area contributed by atoms with Crippen molar-refractivity contribution in [1.82, 2.24) is 14.3 Å². The van der Waals surface area contributed by atoms with Crippen LogP contribution >= 0.6 is 12.4 Å². The minimum atomic E-state index is -3.68. The molecule has 1 aliphatic heterocycles. The lowest BCUT2D eigenvalue weighted by molar-refractivity contribution is 0.271. The van der Waals surface area contributed by atoms with Crippen molar-refractivity contribution in [3.05, 3.63) is 35.6 Å². The van der Waals surface area contributed by atoms with Crippen LogP contribution in [0.25, 0.3) is 0 Å². The molecule has 7 nitrogen and oxygen atoms in total. The van der Waals surface area contributed by atoms with Crippen molar-refractivity contribution in [1.29, 1.82) is 0 Å². The monoisotopic (exact) mass is 415 g/mol. The highest BCUT2D eigenvalue weighted by Crippen LogP contribution is 2.25. The summed E-state index contributed by atoms with van der Waals surface area (Å²) in [6, 6.07) is 5.34. The summed E-state index contributed by atoms with van der Waals surface area (Å²) in [5.74, 6) is -0.865. The zero-order chi connectivity index (χ0) is 17.8. The summed E-state index contributed by atoms with van der Waals surface area (Å²) in [5, 5.41) is 3.10. The molecule has 2 rings (SSSR count). The molecule has 0 bridgehead atoms. The molecule has 25 heavy (non-hydrogen) atoms. The molecule has 1 aromatic carbocycles. The highest BCUT2D eigenvalue weighted by atomic mass is 35.5. The van der Waals surface area contributed by atoms with Crippen LogP contribution in [0.15, 0.2) is 24.3 Å². The molecular weight excluding hydrogens is 393 g/mol. The molecule has 1 heterocycles. The van der Waals surface area contributed by atoms with Gasteiger partial charge in [0.05, 0.1) is 17.5 Å². The Morgan fingerprint density at radius 1 is 1.32 bits per heavy atom. The van der Waals surface area contributed by atoms with Gasteiger partial charge in [-0.3, -0.25) is 0 Å². The van der Waals surface area contributed by atoms with E-state index < -0.39 is 31.9 Å². The molecule has 11 heteroatoms. The first kappa shape index (κ1) is 22.3. The third-order valence-corrected chi connectivity index (χ3v) is 7.12. The predicted molar refractivity (Wildman–Crippen MR) is 97.2 cm³/mol. The zero-order valence-corrected chi connectivity index (χ0v) is 16.3. The van der Waals surface area contributed by atoms with Gasteiger partial charge in [-0.2, -0.15) is 4.31 Å². The second-order valence-electron chi connectivity index (χ2n) is 5.50. The summed E-state index contributed by atoms with van der Waals surface area (Å²) in [7, 11) is -7.12. The topological polar surface area (TPSA) is 95.6 Å². The highest BCUT2D eigenvalue weighted by molar-refractivity contribution is 7.90. The smallest absolute Gasteiger partial charge is 0.216 e. The first-order valence-electron chi connectivity index (χ1n) is 7.68. The molecule has 2 N–H and O–H groups in total. The number of halogens is 2. The average molecular weight is 416 g/mol. The second-order valence-corrected chi connectivity index (χ2v) is 9.64. The molecular formula is C14H23ClFN3O4S2. The fourth-order valence-electron chi connectivity index (χ4n) is 2.56. The fraction of sp³-hybridized carbons (Fsp3) is 0.571. The molecule has 0 aliphatic carbocycles. The van der Waals surface area contributed by atoms with Crippen molar-refractivity contribution in [3.63, 3.8) is 0 Å². The molecule has 1 saturated heterocycles. The predicted octanol–water partition coefficient (Wildman–Crippen LogP) is 0.463. The van der Waals surface area contributed by atoms with Gasteiger partial charge in [0.2, 0.25) is 20.0 Å². The van der Waals surface area contributed by atoms with E-state index in [2.05, 4.69) is 10.0 Å². The van der Waals surface area contributed by atoms with Crippen molar-refractivity contribution in [2.24, 2.45) is 0 Å². The van der Waals surface area contributed by atoms with E-state index in [0.29, 0.717) is 18.7 Å². The molecule has 1 atom stereocenters. The maximum absolute atomic E-state index is 13.5. The Hall–Kier alpha value is -0.780. The Kier molecular flexibility index (Phi) is 8.23. The van der Waals surface area contributed by atoms with Crippen molar-refractivity contribution < 1.29 is 21.2 Å². The molecule has 1 fully saturated rings. The van der Waals surface area contributed by atoms with Crippen LogP contribution in [0.1, 0.15) is 18.5 Å². The van der Waals surface area contributed by atoms with Crippen LogP contribution in [0.5, 0.6) is 0 Å². The van der Waals surface area contributed by atoms with Crippen molar-refractivity contribution in [3.8, 4) is 0 Å². The summed E-state index contributed by atoms with van der Waals surface area (Å²) in [4.78, 5) is 0. The Morgan fingerprint density at radius 3 is 2.68 bits per heavy atom. The largest absolute Gasteiger partial charge is 0.313 e. The number of hydrogen-bond acceptors (Lipinski definition) is 5. The molecule has 1 aliphatic rings. The van der Waals surface area contributed by atoms with Gasteiger partial charge in [-0.1, -0.05) is 12.1 Å². The summed E-state index contributed by atoms with van der Waals surface area (Å²) in [5.41, 5.74) is 0.569. The van der Waals surface area contributed by atoms with E-state index in [1.807, 2.05) is 0 Å². The third-order valence-electron chi connectivity index (χ3n) is 3.85. The van der Waals surface area contributed by atoms with Crippen LogP contribution < -0.4 is 10.0 Å². The van der Waals surface area contributed by atoms with Crippen molar-refractivity contribution in [2.45, 2.75) is 13.0 Å². The molecule has 144 valence electrons. The van der Waals surface area contributed by atoms with Gasteiger partial charge in [0.1, 0.15) is 5.82 Å². The van der Waals surface area contributed by atoms with E-state index in [9.17, 15) is 21.2 Å². The van der Waals surface area contributed by atoms with Crippen molar-refractivity contribution in [2.75, 3.05) is 37.7 Å². The molecule has 0 aromatic heterocycles. The van der Waals surface area contributed by atoms with Gasteiger partial charge in [-0.25, -0.2) is 25.9 Å². The maximum Gasteiger partial charge on any atom is 0.216 e. The van der Waals surface area contributed by atoms with Gasteiger partial charge >= 0.3 is 0 Å². The lowest BCUT2D eigenvalue weighted by atomic mass is 10.1. The summed E-state index contributed by atoms with van der Waals surface area (Å²) < 4.78 is 65.1. The summed E-state index contributed by atoms with van der Waals surface area (Å²) in [6.07, 6.45) is 0. The Balaban J connectivity index is 0.00000312. The van der Waals surface area contributed by atoms with Crippen LogP contribution in [0.4, 0.5) is 4.39 Å². The number of nitrogens with zero attached hydrogens (tertiary/aromatic N) is 1. The normalized spacial score (nSPS) is 19.4. The van der Waals surface area contributed by atoms with Crippen LogP contribution in [0.3, 0.4) is 0 Å². The minimum Gasteiger partial charge on any atom is -0.313 e. The molecule has 0 amide bonds. The van der Waals surface area contributed by atoms with E-state index in [-0.39, 0.29) is 37.0 Å². The number of piperazine rings is 1. The first-order chi connectivity index (χ1) is 11.2. The number of nitrogens with one attached hydrogen (secondary N) is 2. The Morgan fingerprint density at radius 2 is 2.04 bits per heavy atom. The standard InChI is InChI=1S/C14H22FN3O4S2.ClH/c1-2-23(19,20)17-7-9-24(21,22)18-8-6-16-11-14(18)12-4-3-5-13(15)10-12;/h3-5,10,14,16-17H,2,6-9,11H2,1H3;1H. The fourth-order valence-corrected chi connectivity index (χ4v) is 4.86. The summed E-state index contributed by atoms with van der Waals surface area (Å²) >= 11 is 0. The van der Waals surface area contributed by atoms with Gasteiger partial charge in [0.25, 0.3) is 0 Å². The SMILES string of the molecule is CCS(=O)(=O)NCCS(=O)(=O)N1CCNCC1c1cccc(F)c1.Cl. The van der Waals surface area contributed by atoms with E-state index in [1.165, 1.54) is 23.4 Å². The number of hydrogen-bond donors (Lipinski definition) is 2. The van der Waals surface area contributed by atoms with Gasteiger partial charge in [-0.15, -0.1) is 12.4 Å². The van der Waals surface area contributed by atoms with E-state index in [0.717, 1.165) is 0 Å². The molecule has 1 unspecified atom stereocenters. The number of rotatable bonds is 7. The van der Waals surface area contributed by atoms with Crippen molar-refractivity contribution >= 4 is 32.5 Å². The van der Waals surface area contributed by atoms with Crippen LogP contribution in [0, 0.1) is 5.82 Å². The Bertz CT molecular complexity index is 774. The number of sulfonamides is 2. The van der Waals surface area contributed by atoms with Crippen LogP contribution in [-0.4, -0.2) is 58.8 Å². The second kappa shape index (κ2) is 9.24. The van der Waals surface area contributed by atoms with Crippen LogP contribution in [0.2, 0.25) is 0 Å². The zero-order valence-electron chi connectivity index (χ0n) is 13.8. The molecule has 0 saturated carbocycles. The molecule has 0 spiro atoms. The summed E-state index contributed by atoms with van der Waals surface area (Å²) in [6.45, 7) is 2.42. The lowest BCUT2D eigenvalue weighted by Gasteiger charge is -2.35. The highest BCUT2D eigenvalue weighted by Gasteiger charge is 2.33. The van der Waals surface area contributed by atoms with Crippen LogP contribution in [-0.2, 0) is 20.0 Å². The molecule has 0 radical (unpaired) electrons. The van der Waals surface area contributed by atoms with Gasteiger partial charge in [-0.05, 0) is 24.6 Å². The van der Waals surface area contributed by atoms with Gasteiger partial charge in [0.15, 0.2) is 0 Å². The lowest BCUT2D eigenvalue weighted by Crippen LogP contribution is -2.50. The van der Waals surface area contributed by atoms with E-state index in [1.54, 1.807) is 12.1 Å². The minimum absolute atomic E-state index is 0. The average Bonchev–Trinajstić information content (AvgIpc) is 2.54. The van der Waals surface area contributed by atoms with Gasteiger partial charge < -0.3 is 5.32 Å². The van der Waals surface area contributed by atoms with Gasteiger partial charge in [0, 0.05) is 26.2 Å². The van der Waals surface area contributed by atoms with E-state index in [4.69, 9.17) is 0 Å². The Labute approximate surface area is 154 Å². The molecule has 1 aromatic rings. The quantitative estimate of drug-likeness (QED) is 0.674.